The molecule has 64 valence electrons. The van der Waals surface area contributed by atoms with Gasteiger partial charge in [-0.1, -0.05) is 6.07 Å². The third-order valence-corrected chi connectivity index (χ3v) is 1.32. The molecule has 0 saturated carbocycles. The molecule has 0 saturated heterocycles. The summed E-state index contributed by atoms with van der Waals surface area (Å²) in [6.07, 6.45) is 0.989. The molecule has 1 N–H and O–H groups in total. The first-order valence-corrected chi connectivity index (χ1v) is 3.65. The number of nitrogens with zero attached hydrogens (tertiary/aromatic N) is 1. The molecular formula is C8H10N2O2. The van der Waals surface area contributed by atoms with E-state index in [1.807, 2.05) is 0 Å². The van der Waals surface area contributed by atoms with Gasteiger partial charge in [0, 0.05) is 6.20 Å². The third kappa shape index (κ3) is 1.72. The molecule has 0 aliphatic rings. The Balaban J connectivity index is 2.95. The van der Waals surface area contributed by atoms with E-state index in [9.17, 15) is 4.79 Å². The van der Waals surface area contributed by atoms with Crippen LogP contribution in [0.1, 0.15) is 6.92 Å². The van der Waals surface area contributed by atoms with Crippen molar-refractivity contribution in [1.82, 2.24) is 4.57 Å². The minimum absolute atomic E-state index is 0.121. The largest absolute Gasteiger partial charge is 0.449 e. The lowest BCUT2D eigenvalue weighted by Gasteiger charge is -2.03. The van der Waals surface area contributed by atoms with E-state index in [0.29, 0.717) is 6.61 Å². The monoisotopic (exact) mass is 166 g/mol. The molecule has 4 heteroatoms. The van der Waals surface area contributed by atoms with Gasteiger partial charge in [0.25, 0.3) is 0 Å². The summed E-state index contributed by atoms with van der Waals surface area (Å²) in [4.78, 5) is 11.1. The molecule has 1 rings (SSSR count). The van der Waals surface area contributed by atoms with Gasteiger partial charge in [-0.3, -0.25) is 5.41 Å². The summed E-state index contributed by atoms with van der Waals surface area (Å²) in [5.41, 5.74) is 0.121. The van der Waals surface area contributed by atoms with E-state index >= 15 is 0 Å². The molecule has 4 nitrogen and oxygen atoms in total. The molecule has 0 radical (unpaired) electrons. The van der Waals surface area contributed by atoms with Gasteiger partial charge in [0.05, 0.1) is 6.61 Å². The zero-order chi connectivity index (χ0) is 8.97. The Hall–Kier alpha value is -1.58. The van der Waals surface area contributed by atoms with Crippen molar-refractivity contribution in [2.75, 3.05) is 6.61 Å². The molecule has 0 aliphatic carbocycles. The van der Waals surface area contributed by atoms with Crippen LogP contribution in [0.2, 0.25) is 0 Å². The number of hydrogen-bond donors (Lipinski definition) is 1. The maximum atomic E-state index is 11.1. The summed E-state index contributed by atoms with van der Waals surface area (Å²) in [5, 5.41) is 7.34. The van der Waals surface area contributed by atoms with Crippen LogP contribution in [0, 0.1) is 5.41 Å². The van der Waals surface area contributed by atoms with Crippen LogP contribution in [0.25, 0.3) is 0 Å². The summed E-state index contributed by atoms with van der Waals surface area (Å²) in [6, 6.07) is 4.89. The van der Waals surface area contributed by atoms with E-state index in [1.54, 1.807) is 19.1 Å². The molecular weight excluding hydrogens is 156 g/mol. The summed E-state index contributed by atoms with van der Waals surface area (Å²) in [5.74, 6) is 0. The maximum absolute atomic E-state index is 11.1. The van der Waals surface area contributed by atoms with Crippen molar-refractivity contribution >= 4 is 6.09 Å². The Morgan fingerprint density at radius 3 is 3.00 bits per heavy atom. The van der Waals surface area contributed by atoms with Crippen molar-refractivity contribution < 1.29 is 9.53 Å². The second-order valence-corrected chi connectivity index (χ2v) is 2.15. The number of carbonyl (C=O) groups is 1. The van der Waals surface area contributed by atoms with E-state index in [2.05, 4.69) is 0 Å². The lowest BCUT2D eigenvalue weighted by Crippen LogP contribution is -2.26. The fraction of sp³-hybridized carbons (Fsp3) is 0.250. The molecule has 0 aromatic carbocycles. The van der Waals surface area contributed by atoms with Crippen molar-refractivity contribution in [2.45, 2.75) is 6.92 Å². The Morgan fingerprint density at radius 2 is 2.42 bits per heavy atom. The summed E-state index contributed by atoms with van der Waals surface area (Å²) < 4.78 is 5.86. The Morgan fingerprint density at radius 1 is 1.67 bits per heavy atom. The van der Waals surface area contributed by atoms with Gasteiger partial charge in [-0.2, -0.15) is 0 Å². The van der Waals surface area contributed by atoms with Crippen molar-refractivity contribution in [2.24, 2.45) is 0 Å². The summed E-state index contributed by atoms with van der Waals surface area (Å²) in [6.45, 7) is 2.05. The maximum Gasteiger partial charge on any atom is 0.419 e. The van der Waals surface area contributed by atoms with E-state index in [4.69, 9.17) is 10.1 Å². The Labute approximate surface area is 69.9 Å². The number of nitrogens with one attached hydrogen (secondary N) is 1. The average molecular weight is 166 g/mol. The number of pyridine rings is 1. The lowest BCUT2D eigenvalue weighted by atomic mass is 10.5. The fourth-order valence-electron chi connectivity index (χ4n) is 0.795. The number of ether oxygens (including phenoxy) is 1. The topological polar surface area (TPSA) is 55.1 Å². The van der Waals surface area contributed by atoms with Crippen molar-refractivity contribution in [3.05, 3.63) is 29.9 Å². The van der Waals surface area contributed by atoms with Gasteiger partial charge in [0.2, 0.25) is 0 Å². The average Bonchev–Trinajstić information content (AvgIpc) is 2.05. The third-order valence-electron chi connectivity index (χ3n) is 1.32. The standard InChI is InChI=1S/C8H10N2O2/c1-2-12-8(11)10-6-4-3-5-7(10)9/h3-6,9H,2H2,1H3. The van der Waals surface area contributed by atoms with Gasteiger partial charge in [0.1, 0.15) is 5.49 Å². The first-order chi connectivity index (χ1) is 5.75. The van der Waals surface area contributed by atoms with E-state index in [1.165, 1.54) is 12.3 Å². The molecule has 0 amide bonds. The zero-order valence-corrected chi connectivity index (χ0v) is 6.78. The minimum Gasteiger partial charge on any atom is -0.449 e. The summed E-state index contributed by atoms with van der Waals surface area (Å²) in [7, 11) is 0. The van der Waals surface area contributed by atoms with Crippen molar-refractivity contribution in [3.8, 4) is 0 Å². The number of carbonyl (C=O) groups excluding carboxylic acids is 1. The second-order valence-electron chi connectivity index (χ2n) is 2.15. The number of rotatable bonds is 1. The molecule has 0 unspecified atom stereocenters. The Bertz CT molecular complexity index is 330. The van der Waals surface area contributed by atoms with Crippen LogP contribution in [0.5, 0.6) is 0 Å². The minimum atomic E-state index is -0.511. The molecule has 1 aromatic rings. The van der Waals surface area contributed by atoms with E-state index in [0.717, 1.165) is 4.57 Å². The van der Waals surface area contributed by atoms with Crippen LogP contribution >= 0.6 is 0 Å². The molecule has 1 aromatic heterocycles. The molecule has 0 spiro atoms. The highest BCUT2D eigenvalue weighted by atomic mass is 16.5. The van der Waals surface area contributed by atoms with Crippen LogP contribution in [-0.2, 0) is 4.74 Å². The highest BCUT2D eigenvalue weighted by molar-refractivity contribution is 5.69. The van der Waals surface area contributed by atoms with Crippen LogP contribution in [0.4, 0.5) is 4.79 Å². The van der Waals surface area contributed by atoms with Gasteiger partial charge in [-0.05, 0) is 19.1 Å². The van der Waals surface area contributed by atoms with Crippen molar-refractivity contribution in [1.29, 1.82) is 5.41 Å². The van der Waals surface area contributed by atoms with Crippen LogP contribution in [0.15, 0.2) is 24.4 Å². The van der Waals surface area contributed by atoms with E-state index < -0.39 is 6.09 Å². The van der Waals surface area contributed by atoms with Gasteiger partial charge >= 0.3 is 6.09 Å². The highest BCUT2D eigenvalue weighted by Gasteiger charge is 2.02. The van der Waals surface area contributed by atoms with E-state index in [-0.39, 0.29) is 5.49 Å². The predicted octanol–water partition coefficient (Wildman–Crippen LogP) is 0.972. The quantitative estimate of drug-likeness (QED) is 0.675. The molecule has 0 atom stereocenters. The number of hydrogen-bond acceptors (Lipinski definition) is 3. The first-order valence-electron chi connectivity index (χ1n) is 3.65. The second kappa shape index (κ2) is 3.71. The SMILES string of the molecule is CCOC(=O)n1ccccc1=N. The molecule has 0 bridgehead atoms. The lowest BCUT2D eigenvalue weighted by molar-refractivity contribution is 0.152. The fourth-order valence-corrected chi connectivity index (χ4v) is 0.795. The van der Waals surface area contributed by atoms with Crippen LogP contribution < -0.4 is 5.49 Å². The first kappa shape index (κ1) is 8.52. The van der Waals surface area contributed by atoms with Gasteiger partial charge in [0.15, 0.2) is 0 Å². The molecule has 12 heavy (non-hydrogen) atoms. The van der Waals surface area contributed by atoms with Crippen LogP contribution in [0.3, 0.4) is 0 Å². The predicted molar refractivity (Wildman–Crippen MR) is 42.7 cm³/mol. The zero-order valence-electron chi connectivity index (χ0n) is 6.78. The van der Waals surface area contributed by atoms with Gasteiger partial charge in [-0.25, -0.2) is 9.36 Å². The highest BCUT2D eigenvalue weighted by Crippen LogP contribution is 1.85. The normalized spacial score (nSPS) is 9.42. The van der Waals surface area contributed by atoms with Gasteiger partial charge < -0.3 is 4.74 Å². The Kier molecular flexibility index (Phi) is 2.63. The number of aromatic nitrogens is 1. The molecule has 0 aliphatic heterocycles. The summed E-state index contributed by atoms with van der Waals surface area (Å²) >= 11 is 0. The smallest absolute Gasteiger partial charge is 0.419 e. The molecule has 1 heterocycles. The van der Waals surface area contributed by atoms with Crippen LogP contribution in [-0.4, -0.2) is 17.3 Å². The van der Waals surface area contributed by atoms with Crippen molar-refractivity contribution in [3.63, 3.8) is 0 Å². The molecule has 0 fully saturated rings. The van der Waals surface area contributed by atoms with Gasteiger partial charge in [-0.15, -0.1) is 0 Å².